The first kappa shape index (κ1) is 14.3. The summed E-state index contributed by atoms with van der Waals surface area (Å²) in [5.74, 6) is 0.486. The van der Waals surface area contributed by atoms with Crippen LogP contribution in [-0.2, 0) is 20.0 Å². The third-order valence-corrected chi connectivity index (χ3v) is 2.96. The molecule has 0 amide bonds. The summed E-state index contributed by atoms with van der Waals surface area (Å²) in [4.78, 5) is 11.9. The van der Waals surface area contributed by atoms with Crippen LogP contribution < -0.4 is 16.0 Å². The Labute approximate surface area is 117 Å². The van der Waals surface area contributed by atoms with Gasteiger partial charge in [-0.25, -0.2) is 4.68 Å². The molecule has 0 atom stereocenters. The number of nitrogens with two attached hydrogens (primary N) is 1. The second-order valence-electron chi connectivity index (χ2n) is 4.44. The highest BCUT2D eigenvalue weighted by molar-refractivity contribution is 5.13. The zero-order valence-corrected chi connectivity index (χ0v) is 11.5. The molecule has 20 heavy (non-hydrogen) atoms. The standard InChI is InChI=1S/C13H19N5O2/c1-17-11(3-6-15-17)4-7-18-13(19)9-12(10-16-18)20-8-2-5-14/h3,6,9-10H,2,4-5,7-8,14H2,1H3. The zero-order valence-electron chi connectivity index (χ0n) is 11.5. The van der Waals surface area contributed by atoms with Crippen molar-refractivity contribution < 1.29 is 4.74 Å². The van der Waals surface area contributed by atoms with Gasteiger partial charge in [-0.3, -0.25) is 9.48 Å². The van der Waals surface area contributed by atoms with Crippen LogP contribution in [0.5, 0.6) is 5.75 Å². The van der Waals surface area contributed by atoms with E-state index in [9.17, 15) is 4.79 Å². The number of hydrogen-bond acceptors (Lipinski definition) is 5. The minimum absolute atomic E-state index is 0.169. The van der Waals surface area contributed by atoms with Crippen molar-refractivity contribution in [2.24, 2.45) is 12.8 Å². The third kappa shape index (κ3) is 3.67. The summed E-state index contributed by atoms with van der Waals surface area (Å²) in [5, 5.41) is 8.19. The lowest BCUT2D eigenvalue weighted by Gasteiger charge is -2.07. The summed E-state index contributed by atoms with van der Waals surface area (Å²) in [5.41, 5.74) is 6.26. The van der Waals surface area contributed by atoms with Crippen LogP contribution in [0.1, 0.15) is 12.1 Å². The molecule has 7 heteroatoms. The smallest absolute Gasteiger partial charge is 0.270 e. The van der Waals surface area contributed by atoms with Gasteiger partial charge in [-0.2, -0.15) is 10.2 Å². The van der Waals surface area contributed by atoms with E-state index in [2.05, 4.69) is 10.2 Å². The fourth-order valence-corrected chi connectivity index (χ4v) is 1.80. The lowest BCUT2D eigenvalue weighted by Crippen LogP contribution is -2.23. The lowest BCUT2D eigenvalue weighted by molar-refractivity contribution is 0.309. The summed E-state index contributed by atoms with van der Waals surface area (Å²) in [6, 6.07) is 3.38. The highest BCUT2D eigenvalue weighted by atomic mass is 16.5. The third-order valence-electron chi connectivity index (χ3n) is 2.96. The molecule has 0 aliphatic heterocycles. The number of rotatable bonds is 7. The molecular weight excluding hydrogens is 258 g/mol. The Bertz CT molecular complexity index is 605. The van der Waals surface area contributed by atoms with Crippen LogP contribution in [0, 0.1) is 0 Å². The molecule has 2 aromatic rings. The van der Waals surface area contributed by atoms with Gasteiger partial charge in [0, 0.05) is 31.4 Å². The quantitative estimate of drug-likeness (QED) is 0.717. The van der Waals surface area contributed by atoms with E-state index in [1.54, 1.807) is 17.1 Å². The van der Waals surface area contributed by atoms with E-state index in [-0.39, 0.29) is 5.56 Å². The van der Waals surface area contributed by atoms with Crippen LogP contribution in [0.25, 0.3) is 0 Å². The van der Waals surface area contributed by atoms with Crippen molar-refractivity contribution in [3.05, 3.63) is 40.6 Å². The average molecular weight is 277 g/mol. The molecule has 0 saturated heterocycles. The maximum absolute atomic E-state index is 11.9. The number of ether oxygens (including phenoxy) is 1. The van der Waals surface area contributed by atoms with E-state index < -0.39 is 0 Å². The number of nitrogens with zero attached hydrogens (tertiary/aromatic N) is 4. The van der Waals surface area contributed by atoms with Crippen molar-refractivity contribution in [1.29, 1.82) is 0 Å². The molecular formula is C13H19N5O2. The second kappa shape index (κ2) is 6.85. The summed E-state index contributed by atoms with van der Waals surface area (Å²) in [6.07, 6.45) is 4.75. The first-order valence-electron chi connectivity index (χ1n) is 6.57. The molecule has 2 N–H and O–H groups in total. The normalized spacial score (nSPS) is 10.7. The van der Waals surface area contributed by atoms with Gasteiger partial charge in [-0.05, 0) is 19.0 Å². The van der Waals surface area contributed by atoms with E-state index in [4.69, 9.17) is 10.5 Å². The van der Waals surface area contributed by atoms with Crippen molar-refractivity contribution in [2.75, 3.05) is 13.2 Å². The van der Waals surface area contributed by atoms with Gasteiger partial charge >= 0.3 is 0 Å². The van der Waals surface area contributed by atoms with Crippen LogP contribution in [0.3, 0.4) is 0 Å². The predicted molar refractivity (Wildman–Crippen MR) is 74.6 cm³/mol. The van der Waals surface area contributed by atoms with E-state index in [0.717, 1.165) is 12.1 Å². The molecule has 2 aromatic heterocycles. The van der Waals surface area contributed by atoms with Crippen molar-refractivity contribution >= 4 is 0 Å². The van der Waals surface area contributed by atoms with Crippen molar-refractivity contribution in [3.8, 4) is 5.75 Å². The molecule has 2 heterocycles. The lowest BCUT2D eigenvalue weighted by atomic mass is 10.3. The maximum Gasteiger partial charge on any atom is 0.270 e. The molecule has 7 nitrogen and oxygen atoms in total. The Morgan fingerprint density at radius 2 is 2.25 bits per heavy atom. The Balaban J connectivity index is 1.96. The molecule has 0 spiro atoms. The Morgan fingerprint density at radius 1 is 1.40 bits per heavy atom. The first-order chi connectivity index (χ1) is 9.70. The van der Waals surface area contributed by atoms with Crippen LogP contribution in [0.15, 0.2) is 29.3 Å². The van der Waals surface area contributed by atoms with Gasteiger partial charge in [0.1, 0.15) is 5.75 Å². The second-order valence-corrected chi connectivity index (χ2v) is 4.44. The predicted octanol–water partition coefficient (Wildman–Crippen LogP) is -0.0529. The largest absolute Gasteiger partial charge is 0.492 e. The molecule has 0 fully saturated rings. The van der Waals surface area contributed by atoms with E-state index in [1.165, 1.54) is 10.7 Å². The maximum atomic E-state index is 11.9. The van der Waals surface area contributed by atoms with Crippen LogP contribution >= 0.6 is 0 Å². The monoisotopic (exact) mass is 277 g/mol. The van der Waals surface area contributed by atoms with Gasteiger partial charge in [0.15, 0.2) is 0 Å². The van der Waals surface area contributed by atoms with Crippen molar-refractivity contribution in [3.63, 3.8) is 0 Å². The topological polar surface area (TPSA) is 88.0 Å². The molecule has 0 aliphatic rings. The number of aryl methyl sites for hydroxylation is 3. The van der Waals surface area contributed by atoms with Gasteiger partial charge in [-0.1, -0.05) is 0 Å². The average Bonchev–Trinajstić information content (AvgIpc) is 2.84. The highest BCUT2D eigenvalue weighted by Crippen LogP contribution is 2.04. The molecule has 0 bridgehead atoms. The van der Waals surface area contributed by atoms with Gasteiger partial charge in [0.2, 0.25) is 0 Å². The van der Waals surface area contributed by atoms with Crippen molar-refractivity contribution in [1.82, 2.24) is 19.6 Å². The van der Waals surface area contributed by atoms with Gasteiger partial charge < -0.3 is 10.5 Å². The van der Waals surface area contributed by atoms with Crippen LogP contribution in [0.4, 0.5) is 0 Å². The zero-order chi connectivity index (χ0) is 14.4. The Kier molecular flexibility index (Phi) is 4.89. The number of hydrogen-bond donors (Lipinski definition) is 1. The van der Waals surface area contributed by atoms with Gasteiger partial charge in [-0.15, -0.1) is 0 Å². The number of aromatic nitrogens is 4. The minimum atomic E-state index is -0.169. The van der Waals surface area contributed by atoms with E-state index in [0.29, 0.717) is 31.9 Å². The first-order valence-corrected chi connectivity index (χ1v) is 6.57. The van der Waals surface area contributed by atoms with Crippen LogP contribution in [0.2, 0.25) is 0 Å². The summed E-state index contributed by atoms with van der Waals surface area (Å²) >= 11 is 0. The molecule has 0 aliphatic carbocycles. The van der Waals surface area contributed by atoms with Gasteiger partial charge in [0.25, 0.3) is 5.56 Å². The minimum Gasteiger partial charge on any atom is -0.492 e. The molecule has 108 valence electrons. The highest BCUT2D eigenvalue weighted by Gasteiger charge is 2.03. The van der Waals surface area contributed by atoms with Gasteiger partial charge in [0.05, 0.1) is 19.3 Å². The Hall–Kier alpha value is -2.15. The molecule has 2 rings (SSSR count). The Morgan fingerprint density at radius 3 is 2.90 bits per heavy atom. The fraction of sp³-hybridized carbons (Fsp3) is 0.462. The fourth-order valence-electron chi connectivity index (χ4n) is 1.80. The van der Waals surface area contributed by atoms with Crippen LogP contribution in [-0.4, -0.2) is 32.7 Å². The molecule has 0 saturated carbocycles. The molecule has 0 aromatic carbocycles. The van der Waals surface area contributed by atoms with E-state index in [1.807, 2.05) is 13.1 Å². The SMILES string of the molecule is Cn1nccc1CCn1ncc(OCCCN)cc1=O. The summed E-state index contributed by atoms with van der Waals surface area (Å²) < 4.78 is 8.59. The molecule has 0 radical (unpaired) electrons. The molecule has 0 unspecified atom stereocenters. The van der Waals surface area contributed by atoms with E-state index >= 15 is 0 Å². The summed E-state index contributed by atoms with van der Waals surface area (Å²) in [7, 11) is 1.87. The van der Waals surface area contributed by atoms with Crippen molar-refractivity contribution in [2.45, 2.75) is 19.4 Å². The summed E-state index contributed by atoms with van der Waals surface area (Å²) in [6.45, 7) is 1.58.